The number of hydrogen-bond acceptors (Lipinski definition) is 3. The predicted molar refractivity (Wildman–Crippen MR) is 67.5 cm³/mol. The van der Waals surface area contributed by atoms with Crippen molar-refractivity contribution in [1.29, 1.82) is 0 Å². The third-order valence-electron chi connectivity index (χ3n) is 2.25. The SMILES string of the molecule is C=C.CC(=O)c1[nH]c(=O)c2ccccc2c1O. The number of Topliss-reactive ketones (excluding diaryl/α,β-unsaturated/α-hetero) is 1. The van der Waals surface area contributed by atoms with Crippen molar-refractivity contribution >= 4 is 16.6 Å². The third kappa shape index (κ3) is 2.25. The van der Waals surface area contributed by atoms with Crippen LogP contribution in [0.25, 0.3) is 10.8 Å². The second kappa shape index (κ2) is 5.12. The summed E-state index contributed by atoms with van der Waals surface area (Å²) < 4.78 is 0. The molecule has 0 radical (unpaired) electrons. The molecule has 0 unspecified atom stereocenters. The zero-order valence-corrected chi connectivity index (χ0v) is 9.49. The first-order valence-electron chi connectivity index (χ1n) is 4.96. The Morgan fingerprint density at radius 3 is 2.29 bits per heavy atom. The number of benzene rings is 1. The van der Waals surface area contributed by atoms with E-state index in [2.05, 4.69) is 18.1 Å². The van der Waals surface area contributed by atoms with Crippen LogP contribution in [-0.4, -0.2) is 15.9 Å². The van der Waals surface area contributed by atoms with Crippen molar-refractivity contribution in [3.63, 3.8) is 0 Å². The largest absolute Gasteiger partial charge is 0.505 e. The van der Waals surface area contributed by atoms with Gasteiger partial charge in [0.2, 0.25) is 0 Å². The Hall–Kier alpha value is -2.36. The van der Waals surface area contributed by atoms with Gasteiger partial charge in [0.15, 0.2) is 11.5 Å². The highest BCUT2D eigenvalue weighted by molar-refractivity contribution is 6.01. The van der Waals surface area contributed by atoms with Crippen LogP contribution in [0.1, 0.15) is 17.4 Å². The number of pyridine rings is 1. The number of nitrogens with one attached hydrogen (secondary N) is 1. The van der Waals surface area contributed by atoms with Crippen LogP contribution in [0.4, 0.5) is 0 Å². The minimum atomic E-state index is -0.367. The van der Waals surface area contributed by atoms with E-state index in [1.807, 2.05) is 0 Å². The minimum absolute atomic E-state index is 0.0429. The van der Waals surface area contributed by atoms with Crippen LogP contribution >= 0.6 is 0 Å². The average molecular weight is 231 g/mol. The van der Waals surface area contributed by atoms with Gasteiger partial charge in [0.1, 0.15) is 5.69 Å². The molecule has 0 aliphatic heterocycles. The molecule has 0 bridgehead atoms. The highest BCUT2D eigenvalue weighted by Gasteiger charge is 2.12. The van der Waals surface area contributed by atoms with Crippen LogP contribution in [0.2, 0.25) is 0 Å². The van der Waals surface area contributed by atoms with Crippen LogP contribution in [0.5, 0.6) is 5.75 Å². The number of fused-ring (bicyclic) bond motifs is 1. The van der Waals surface area contributed by atoms with E-state index in [0.29, 0.717) is 10.8 Å². The van der Waals surface area contributed by atoms with Gasteiger partial charge in [0.05, 0.1) is 5.39 Å². The summed E-state index contributed by atoms with van der Waals surface area (Å²) in [6, 6.07) is 6.60. The molecule has 4 heteroatoms. The quantitative estimate of drug-likeness (QED) is 0.584. The van der Waals surface area contributed by atoms with Gasteiger partial charge in [0.25, 0.3) is 5.56 Å². The van der Waals surface area contributed by atoms with Gasteiger partial charge in [-0.2, -0.15) is 0 Å². The summed E-state index contributed by atoms with van der Waals surface area (Å²) in [5.41, 5.74) is -0.410. The Bertz CT molecular complexity index is 614. The van der Waals surface area contributed by atoms with Gasteiger partial charge < -0.3 is 10.1 Å². The lowest BCUT2D eigenvalue weighted by molar-refractivity contribution is 0.101. The third-order valence-corrected chi connectivity index (χ3v) is 2.25. The van der Waals surface area contributed by atoms with E-state index in [-0.39, 0.29) is 22.8 Å². The first-order valence-corrected chi connectivity index (χ1v) is 4.96. The zero-order chi connectivity index (χ0) is 13.0. The predicted octanol–water partition coefficient (Wildman–Crippen LogP) is 2.24. The van der Waals surface area contributed by atoms with Gasteiger partial charge in [-0.05, 0) is 6.07 Å². The molecule has 2 rings (SSSR count). The van der Waals surface area contributed by atoms with Crippen molar-refractivity contribution in [3.8, 4) is 5.75 Å². The average Bonchev–Trinajstić information content (AvgIpc) is 2.36. The highest BCUT2D eigenvalue weighted by atomic mass is 16.3. The maximum Gasteiger partial charge on any atom is 0.256 e. The van der Waals surface area contributed by atoms with Gasteiger partial charge in [-0.15, -0.1) is 13.2 Å². The standard InChI is InChI=1S/C11H9NO3.C2H4/c1-6(13)9-10(14)7-4-2-3-5-8(7)11(15)12-9;1-2/h2-5,14H,1H3,(H,12,15);1-2H2. The van der Waals surface area contributed by atoms with Crippen molar-refractivity contribution < 1.29 is 9.90 Å². The van der Waals surface area contributed by atoms with Crippen molar-refractivity contribution in [3.05, 3.63) is 53.5 Å². The smallest absolute Gasteiger partial charge is 0.256 e. The molecule has 0 fully saturated rings. The van der Waals surface area contributed by atoms with Gasteiger partial charge in [0, 0.05) is 12.3 Å². The molecule has 1 heterocycles. The second-order valence-corrected chi connectivity index (χ2v) is 3.28. The summed E-state index contributed by atoms with van der Waals surface area (Å²) in [6.07, 6.45) is 0. The van der Waals surface area contributed by atoms with Crippen molar-refractivity contribution in [1.82, 2.24) is 4.98 Å². The van der Waals surface area contributed by atoms with Crippen LogP contribution in [0.15, 0.2) is 42.2 Å². The number of hydrogen-bond donors (Lipinski definition) is 2. The molecule has 0 saturated carbocycles. The first-order chi connectivity index (χ1) is 8.11. The topological polar surface area (TPSA) is 70.2 Å². The summed E-state index contributed by atoms with van der Waals surface area (Å²) in [7, 11) is 0. The minimum Gasteiger partial charge on any atom is -0.505 e. The summed E-state index contributed by atoms with van der Waals surface area (Å²) >= 11 is 0. The lowest BCUT2D eigenvalue weighted by Crippen LogP contribution is -2.12. The number of ketones is 1. The molecule has 17 heavy (non-hydrogen) atoms. The Morgan fingerprint density at radius 1 is 1.24 bits per heavy atom. The molecule has 0 aliphatic rings. The van der Waals surface area contributed by atoms with E-state index in [1.54, 1.807) is 24.3 Å². The van der Waals surface area contributed by atoms with Gasteiger partial charge in [-0.25, -0.2) is 0 Å². The van der Waals surface area contributed by atoms with Crippen molar-refractivity contribution in [2.45, 2.75) is 6.92 Å². The fourth-order valence-corrected chi connectivity index (χ4v) is 1.52. The van der Waals surface area contributed by atoms with E-state index in [9.17, 15) is 14.7 Å². The van der Waals surface area contributed by atoms with E-state index in [1.165, 1.54) is 6.92 Å². The zero-order valence-electron chi connectivity index (χ0n) is 9.49. The molecule has 0 saturated heterocycles. The Kier molecular flexibility index (Phi) is 3.82. The van der Waals surface area contributed by atoms with E-state index in [0.717, 1.165) is 0 Å². The van der Waals surface area contributed by atoms with E-state index in [4.69, 9.17) is 0 Å². The fraction of sp³-hybridized carbons (Fsp3) is 0.0769. The summed E-state index contributed by atoms with van der Waals surface area (Å²) in [4.78, 5) is 25.0. The Balaban J connectivity index is 0.000000686. The monoisotopic (exact) mass is 231 g/mol. The number of aromatic amines is 1. The molecule has 0 atom stereocenters. The van der Waals surface area contributed by atoms with Crippen LogP contribution < -0.4 is 5.56 Å². The molecule has 2 aromatic rings. The van der Waals surface area contributed by atoms with Crippen molar-refractivity contribution in [2.24, 2.45) is 0 Å². The highest BCUT2D eigenvalue weighted by Crippen LogP contribution is 2.24. The molecular weight excluding hydrogens is 218 g/mol. The van der Waals surface area contributed by atoms with Crippen LogP contribution in [0.3, 0.4) is 0 Å². The molecule has 1 aromatic carbocycles. The molecule has 0 amide bonds. The summed E-state index contributed by atoms with van der Waals surface area (Å²) in [5, 5.41) is 10.5. The number of rotatable bonds is 1. The summed E-state index contributed by atoms with van der Waals surface area (Å²) in [6.45, 7) is 7.29. The van der Waals surface area contributed by atoms with E-state index >= 15 is 0 Å². The lowest BCUT2D eigenvalue weighted by atomic mass is 10.1. The molecule has 88 valence electrons. The number of aromatic nitrogens is 1. The molecular formula is C13H13NO3. The van der Waals surface area contributed by atoms with Crippen LogP contribution in [0, 0.1) is 0 Å². The normalized spacial score (nSPS) is 9.47. The van der Waals surface area contributed by atoms with Crippen LogP contribution in [-0.2, 0) is 0 Å². The van der Waals surface area contributed by atoms with E-state index < -0.39 is 0 Å². The Labute approximate surface area is 98.2 Å². The molecule has 4 nitrogen and oxygen atoms in total. The number of aromatic hydroxyl groups is 1. The lowest BCUT2D eigenvalue weighted by Gasteiger charge is -2.04. The molecule has 2 N–H and O–H groups in total. The van der Waals surface area contributed by atoms with Crippen molar-refractivity contribution in [2.75, 3.05) is 0 Å². The molecule has 1 aromatic heterocycles. The van der Waals surface area contributed by atoms with Gasteiger partial charge >= 0.3 is 0 Å². The number of carbonyl (C=O) groups is 1. The number of carbonyl (C=O) groups excluding carboxylic acids is 1. The number of H-pyrrole nitrogens is 1. The van der Waals surface area contributed by atoms with Gasteiger partial charge in [-0.1, -0.05) is 18.2 Å². The second-order valence-electron chi connectivity index (χ2n) is 3.28. The fourth-order valence-electron chi connectivity index (χ4n) is 1.52. The maximum atomic E-state index is 11.5. The Morgan fingerprint density at radius 2 is 1.76 bits per heavy atom. The van der Waals surface area contributed by atoms with Gasteiger partial charge in [-0.3, -0.25) is 9.59 Å². The summed E-state index contributed by atoms with van der Waals surface area (Å²) in [5.74, 6) is -0.534. The molecule has 0 aliphatic carbocycles. The molecule has 0 spiro atoms. The first kappa shape index (κ1) is 12.7. The maximum absolute atomic E-state index is 11.5.